The van der Waals surface area contributed by atoms with Gasteiger partial charge in [-0.1, -0.05) is 117 Å². The first-order chi connectivity index (χ1) is 24.2. The number of carbonyl (C=O) groups excluding carboxylic acids is 1. The summed E-state index contributed by atoms with van der Waals surface area (Å²) in [5.41, 5.74) is 7.19. The first-order valence-electron chi connectivity index (χ1n) is 18.7. The number of fused-ring (bicyclic) bond motifs is 6. The summed E-state index contributed by atoms with van der Waals surface area (Å²) >= 11 is 0. The Morgan fingerprint density at radius 2 is 1.50 bits per heavy atom. The number of aliphatic hydroxyl groups is 1. The maximum Gasteiger partial charge on any atom is 0.162 e. The normalized spacial score (nSPS) is 12.5. The van der Waals surface area contributed by atoms with E-state index in [4.69, 9.17) is 9.40 Å². The van der Waals surface area contributed by atoms with Gasteiger partial charge in [-0.15, -0.1) is 29.1 Å². The van der Waals surface area contributed by atoms with Gasteiger partial charge >= 0.3 is 0 Å². The van der Waals surface area contributed by atoms with Crippen molar-refractivity contribution in [3.63, 3.8) is 0 Å². The summed E-state index contributed by atoms with van der Waals surface area (Å²) in [4.78, 5) is 21.3. The molecule has 1 radical (unpaired) electrons. The molecule has 1 N–H and O–H groups in total. The summed E-state index contributed by atoms with van der Waals surface area (Å²) in [6.07, 6.45) is 9.50. The summed E-state index contributed by atoms with van der Waals surface area (Å²) < 4.78 is 6.70. The van der Waals surface area contributed by atoms with Crippen LogP contribution in [0.2, 0.25) is 0 Å². The van der Waals surface area contributed by atoms with Crippen LogP contribution in [0.1, 0.15) is 106 Å². The number of ketones is 1. The van der Waals surface area contributed by atoms with Crippen LogP contribution < -0.4 is 0 Å². The van der Waals surface area contributed by atoms with E-state index in [9.17, 15) is 9.90 Å². The van der Waals surface area contributed by atoms with Crippen molar-refractivity contribution in [3.05, 3.63) is 96.0 Å². The number of benzene rings is 3. The molecule has 0 atom stereocenters. The van der Waals surface area contributed by atoms with E-state index in [1.54, 1.807) is 6.20 Å². The van der Waals surface area contributed by atoms with Crippen LogP contribution in [0.5, 0.6) is 0 Å². The van der Waals surface area contributed by atoms with Crippen LogP contribution in [-0.4, -0.2) is 20.9 Å². The van der Waals surface area contributed by atoms with E-state index in [0.29, 0.717) is 0 Å². The van der Waals surface area contributed by atoms with Crippen LogP contribution in [0.3, 0.4) is 0 Å². The van der Waals surface area contributed by atoms with Crippen LogP contribution in [-0.2, 0) is 36.7 Å². The second kappa shape index (κ2) is 16.9. The first-order valence-corrected chi connectivity index (χ1v) is 18.7. The number of pyridine rings is 2. The molecule has 3 aromatic carbocycles. The van der Waals surface area contributed by atoms with Gasteiger partial charge < -0.3 is 9.52 Å². The Kier molecular flexibility index (Phi) is 13.3. The molecule has 0 unspecified atom stereocenters. The molecule has 5 nitrogen and oxygen atoms in total. The molecule has 0 aliphatic carbocycles. The molecule has 0 spiro atoms. The molecule has 6 heteroatoms. The van der Waals surface area contributed by atoms with Gasteiger partial charge in [0.25, 0.3) is 0 Å². The SMILES string of the molecule is CC(C)(C)Cc1cccc2c1oc1c3cnccc3nc(-c3[c-]c4ccccc4c(C(C)(C)C)c3)c21.CCC(CC)C(=O)/C=C(\O)C(CC)CC.[Ir]. The van der Waals surface area contributed by atoms with E-state index in [1.807, 2.05) is 40.0 Å². The Bertz CT molecular complexity index is 2190. The van der Waals surface area contributed by atoms with E-state index in [1.165, 1.54) is 22.6 Å². The number of carbonyl (C=O) groups is 1. The van der Waals surface area contributed by atoms with Crippen molar-refractivity contribution in [1.29, 1.82) is 0 Å². The van der Waals surface area contributed by atoms with Gasteiger partial charge in [-0.05, 0) is 54.6 Å². The van der Waals surface area contributed by atoms with Crippen molar-refractivity contribution in [1.82, 2.24) is 9.97 Å². The van der Waals surface area contributed by atoms with Gasteiger partial charge in [-0.3, -0.25) is 14.8 Å². The van der Waals surface area contributed by atoms with E-state index in [2.05, 4.69) is 101 Å². The van der Waals surface area contributed by atoms with Gasteiger partial charge in [0.05, 0.1) is 16.7 Å². The average Bonchev–Trinajstić information content (AvgIpc) is 3.49. The Balaban J connectivity index is 0.000000323. The maximum absolute atomic E-state index is 11.7. The van der Waals surface area contributed by atoms with Gasteiger partial charge in [0.2, 0.25) is 0 Å². The molecule has 6 aromatic rings. The molecule has 0 amide bonds. The number of hydrogen-bond donors (Lipinski definition) is 1. The number of para-hydroxylation sites is 1. The largest absolute Gasteiger partial charge is 0.512 e. The molecule has 0 saturated carbocycles. The zero-order chi connectivity index (χ0) is 37.1. The van der Waals surface area contributed by atoms with Crippen molar-refractivity contribution in [2.75, 3.05) is 0 Å². The molecule has 0 aliphatic rings. The van der Waals surface area contributed by atoms with Gasteiger partial charge in [0.1, 0.15) is 11.2 Å². The zero-order valence-corrected chi connectivity index (χ0v) is 35.0. The number of hydrogen-bond acceptors (Lipinski definition) is 5. The third-order valence-electron chi connectivity index (χ3n) is 9.95. The van der Waals surface area contributed by atoms with Gasteiger partial charge in [0, 0.05) is 66.9 Å². The quantitative estimate of drug-likeness (QED) is 0.0889. The number of rotatable bonds is 9. The Morgan fingerprint density at radius 1 is 0.846 bits per heavy atom. The van der Waals surface area contributed by atoms with E-state index >= 15 is 0 Å². The van der Waals surface area contributed by atoms with Crippen molar-refractivity contribution < 1.29 is 34.4 Å². The fourth-order valence-electron chi connectivity index (χ4n) is 7.10. The van der Waals surface area contributed by atoms with Crippen molar-refractivity contribution in [2.45, 2.75) is 107 Å². The summed E-state index contributed by atoms with van der Waals surface area (Å²) in [6.45, 7) is 21.7. The fourth-order valence-corrected chi connectivity index (χ4v) is 7.10. The molecular weight excluding hydrogens is 821 g/mol. The minimum absolute atomic E-state index is 0. The minimum Gasteiger partial charge on any atom is -0.512 e. The second-order valence-corrected chi connectivity index (χ2v) is 16.1. The number of aromatic nitrogens is 2. The molecule has 0 saturated heterocycles. The summed E-state index contributed by atoms with van der Waals surface area (Å²) in [5, 5.41) is 15.2. The Hall–Kier alpha value is -3.86. The fraction of sp³-hybridized carbons (Fsp3) is 0.413. The summed E-state index contributed by atoms with van der Waals surface area (Å²) in [7, 11) is 0. The molecular formula is C46H55IrN2O3-. The molecule has 277 valence electrons. The van der Waals surface area contributed by atoms with Crippen molar-refractivity contribution in [2.24, 2.45) is 17.3 Å². The van der Waals surface area contributed by atoms with Crippen molar-refractivity contribution in [3.8, 4) is 11.3 Å². The topological polar surface area (TPSA) is 76.2 Å². The zero-order valence-electron chi connectivity index (χ0n) is 32.6. The van der Waals surface area contributed by atoms with Gasteiger partial charge in [0.15, 0.2) is 5.78 Å². The van der Waals surface area contributed by atoms with Crippen LogP contribution in [0.4, 0.5) is 0 Å². The maximum atomic E-state index is 11.7. The molecule has 3 heterocycles. The molecule has 3 aromatic heterocycles. The molecule has 6 rings (SSSR count). The number of aliphatic hydroxyl groups excluding tert-OH is 1. The Labute approximate surface area is 323 Å². The predicted octanol–water partition coefficient (Wildman–Crippen LogP) is 12.9. The first kappa shape index (κ1) is 40.9. The third kappa shape index (κ3) is 8.84. The Morgan fingerprint density at radius 3 is 2.13 bits per heavy atom. The minimum atomic E-state index is -0.0261. The van der Waals surface area contributed by atoms with Crippen LogP contribution in [0.25, 0.3) is 54.9 Å². The predicted molar refractivity (Wildman–Crippen MR) is 214 cm³/mol. The van der Waals surface area contributed by atoms with Crippen LogP contribution in [0.15, 0.2) is 83.2 Å². The average molecular weight is 876 g/mol. The van der Waals surface area contributed by atoms with Crippen molar-refractivity contribution >= 4 is 49.4 Å². The molecule has 52 heavy (non-hydrogen) atoms. The molecule has 0 fully saturated rings. The van der Waals surface area contributed by atoms with Gasteiger partial charge in [-0.25, -0.2) is 0 Å². The van der Waals surface area contributed by atoms with Crippen LogP contribution >= 0.6 is 0 Å². The van der Waals surface area contributed by atoms with E-state index in [-0.39, 0.29) is 54.3 Å². The summed E-state index contributed by atoms with van der Waals surface area (Å²) in [6, 6.07) is 22.9. The molecule has 0 aliphatic heterocycles. The summed E-state index contributed by atoms with van der Waals surface area (Å²) in [5.74, 6) is 0.547. The third-order valence-corrected chi connectivity index (χ3v) is 9.95. The number of nitrogens with zero attached hydrogens (tertiary/aromatic N) is 2. The van der Waals surface area contributed by atoms with Crippen LogP contribution in [0, 0.1) is 23.3 Å². The number of allylic oxidation sites excluding steroid dienone is 2. The van der Waals surface area contributed by atoms with E-state index in [0.717, 1.165) is 81.6 Å². The standard InChI is InChI=1S/C33H31N2O.C13H24O2.Ir/c1-32(2,3)18-21-11-9-13-24-28-29(35-27-14-15-34-19-25(27)31(28)36-30(21)24)22-16-20-10-7-8-12-23(20)26(17-22)33(4,5)6;1-5-10(6-2)12(14)9-13(15)11(7-3)8-4;/h7-15,17,19H,18H2,1-6H3;9-11,14H,5-8H2,1-4H3;/q-1;;/b;12-9-;. The monoisotopic (exact) mass is 876 g/mol. The van der Waals surface area contributed by atoms with E-state index < -0.39 is 0 Å². The van der Waals surface area contributed by atoms with Gasteiger partial charge in [-0.2, -0.15) is 0 Å². The number of furan rings is 1. The smallest absolute Gasteiger partial charge is 0.162 e. The second-order valence-electron chi connectivity index (χ2n) is 16.1. The molecule has 0 bridgehead atoms.